The zero-order chi connectivity index (χ0) is 15.0. The standard InChI is InChI=1S/C15H21NO4/c1-5-10-16-13(17)9-7-11-6-8-12(18-2)15(20-4)14(11)19-3/h6-9H,5,10H2,1-4H3,(H,16,17). The summed E-state index contributed by atoms with van der Waals surface area (Å²) in [4.78, 5) is 11.6. The molecule has 0 saturated carbocycles. The molecule has 1 aromatic carbocycles. The van der Waals surface area contributed by atoms with Crippen molar-refractivity contribution in [2.24, 2.45) is 0 Å². The molecule has 0 aliphatic rings. The molecule has 0 saturated heterocycles. The van der Waals surface area contributed by atoms with Gasteiger partial charge in [-0.05, 0) is 24.6 Å². The van der Waals surface area contributed by atoms with E-state index in [0.29, 0.717) is 23.8 Å². The summed E-state index contributed by atoms with van der Waals surface area (Å²) in [6, 6.07) is 3.58. The number of carbonyl (C=O) groups is 1. The number of hydrogen-bond donors (Lipinski definition) is 1. The Hall–Kier alpha value is -2.17. The summed E-state index contributed by atoms with van der Waals surface area (Å²) in [5, 5.41) is 2.77. The van der Waals surface area contributed by atoms with E-state index >= 15 is 0 Å². The number of carbonyl (C=O) groups excluding carboxylic acids is 1. The average molecular weight is 279 g/mol. The van der Waals surface area contributed by atoms with Crippen LogP contribution in [0.2, 0.25) is 0 Å². The summed E-state index contributed by atoms with van der Waals surface area (Å²) in [5.74, 6) is 1.48. The first kappa shape index (κ1) is 15.9. The Morgan fingerprint density at radius 1 is 1.15 bits per heavy atom. The number of rotatable bonds is 7. The van der Waals surface area contributed by atoms with Crippen LogP contribution in [0.3, 0.4) is 0 Å². The van der Waals surface area contributed by atoms with E-state index in [1.165, 1.54) is 6.08 Å². The van der Waals surface area contributed by atoms with Gasteiger partial charge in [0.2, 0.25) is 11.7 Å². The highest BCUT2D eigenvalue weighted by molar-refractivity contribution is 5.92. The summed E-state index contributed by atoms with van der Waals surface area (Å²) in [6.07, 6.45) is 4.06. The fourth-order valence-electron chi connectivity index (χ4n) is 1.73. The van der Waals surface area contributed by atoms with Crippen LogP contribution >= 0.6 is 0 Å². The smallest absolute Gasteiger partial charge is 0.244 e. The van der Waals surface area contributed by atoms with Gasteiger partial charge >= 0.3 is 0 Å². The van der Waals surface area contributed by atoms with Crippen LogP contribution in [0, 0.1) is 0 Å². The van der Waals surface area contributed by atoms with Gasteiger partial charge in [0.15, 0.2) is 11.5 Å². The van der Waals surface area contributed by atoms with Gasteiger partial charge in [-0.15, -0.1) is 0 Å². The highest BCUT2D eigenvalue weighted by Gasteiger charge is 2.14. The van der Waals surface area contributed by atoms with E-state index in [2.05, 4.69) is 5.32 Å². The summed E-state index contributed by atoms with van der Waals surface area (Å²) < 4.78 is 15.8. The van der Waals surface area contributed by atoms with E-state index in [4.69, 9.17) is 14.2 Å². The van der Waals surface area contributed by atoms with E-state index in [9.17, 15) is 4.79 Å². The Labute approximate surface area is 119 Å². The summed E-state index contributed by atoms with van der Waals surface area (Å²) in [5.41, 5.74) is 0.747. The summed E-state index contributed by atoms with van der Waals surface area (Å²) in [7, 11) is 4.65. The minimum atomic E-state index is -0.135. The number of hydrogen-bond acceptors (Lipinski definition) is 4. The lowest BCUT2D eigenvalue weighted by Gasteiger charge is -2.13. The molecular formula is C15H21NO4. The Bertz CT molecular complexity index is 483. The van der Waals surface area contributed by atoms with Crippen LogP contribution in [0.4, 0.5) is 0 Å². The van der Waals surface area contributed by atoms with Crippen LogP contribution in [0.15, 0.2) is 18.2 Å². The molecule has 0 aliphatic carbocycles. The quantitative estimate of drug-likeness (QED) is 0.778. The van der Waals surface area contributed by atoms with Gasteiger partial charge in [0.05, 0.1) is 21.3 Å². The van der Waals surface area contributed by atoms with Crippen LogP contribution < -0.4 is 19.5 Å². The minimum absolute atomic E-state index is 0.135. The molecule has 1 rings (SSSR count). The molecular weight excluding hydrogens is 258 g/mol. The molecule has 1 N–H and O–H groups in total. The third kappa shape index (κ3) is 3.91. The first-order valence-corrected chi connectivity index (χ1v) is 6.42. The van der Waals surface area contributed by atoms with Gasteiger partial charge < -0.3 is 19.5 Å². The van der Waals surface area contributed by atoms with Crippen LogP contribution in [-0.2, 0) is 4.79 Å². The zero-order valence-electron chi connectivity index (χ0n) is 12.4. The van der Waals surface area contributed by atoms with Crippen molar-refractivity contribution in [3.63, 3.8) is 0 Å². The number of ether oxygens (including phenoxy) is 3. The molecule has 1 amide bonds. The monoisotopic (exact) mass is 279 g/mol. The van der Waals surface area contributed by atoms with Gasteiger partial charge in [-0.2, -0.15) is 0 Å². The molecule has 0 atom stereocenters. The van der Waals surface area contributed by atoms with Crippen molar-refractivity contribution in [3.05, 3.63) is 23.8 Å². The molecule has 0 spiro atoms. The van der Waals surface area contributed by atoms with Crippen LogP contribution in [0.5, 0.6) is 17.2 Å². The molecule has 20 heavy (non-hydrogen) atoms. The normalized spacial score (nSPS) is 10.4. The van der Waals surface area contributed by atoms with E-state index < -0.39 is 0 Å². The number of amides is 1. The highest BCUT2D eigenvalue weighted by Crippen LogP contribution is 2.40. The lowest BCUT2D eigenvalue weighted by molar-refractivity contribution is -0.116. The van der Waals surface area contributed by atoms with Gasteiger partial charge in [-0.3, -0.25) is 4.79 Å². The molecule has 0 bridgehead atoms. The van der Waals surface area contributed by atoms with Gasteiger partial charge in [0.25, 0.3) is 0 Å². The molecule has 0 fully saturated rings. The van der Waals surface area contributed by atoms with E-state index in [-0.39, 0.29) is 5.91 Å². The van der Waals surface area contributed by atoms with Crippen LogP contribution in [0.1, 0.15) is 18.9 Å². The van der Waals surface area contributed by atoms with E-state index in [1.807, 2.05) is 13.0 Å². The summed E-state index contributed by atoms with van der Waals surface area (Å²) in [6.45, 7) is 2.66. The zero-order valence-corrected chi connectivity index (χ0v) is 12.4. The largest absolute Gasteiger partial charge is 0.493 e. The topological polar surface area (TPSA) is 56.8 Å². The fourth-order valence-corrected chi connectivity index (χ4v) is 1.73. The van der Waals surface area contributed by atoms with Crippen molar-refractivity contribution in [1.29, 1.82) is 0 Å². The molecule has 1 aromatic rings. The second-order valence-electron chi connectivity index (χ2n) is 4.05. The van der Waals surface area contributed by atoms with Crippen molar-refractivity contribution in [2.75, 3.05) is 27.9 Å². The lowest BCUT2D eigenvalue weighted by atomic mass is 10.1. The molecule has 0 aliphatic heterocycles. The molecule has 5 nitrogen and oxygen atoms in total. The Morgan fingerprint density at radius 3 is 2.40 bits per heavy atom. The van der Waals surface area contributed by atoms with Gasteiger partial charge in [-0.25, -0.2) is 0 Å². The Balaban J connectivity index is 3.00. The predicted molar refractivity (Wildman–Crippen MR) is 78.4 cm³/mol. The van der Waals surface area contributed by atoms with Crippen molar-refractivity contribution < 1.29 is 19.0 Å². The SMILES string of the molecule is CCCNC(=O)C=Cc1ccc(OC)c(OC)c1OC. The lowest BCUT2D eigenvalue weighted by Crippen LogP contribution is -2.21. The van der Waals surface area contributed by atoms with Crippen molar-refractivity contribution in [2.45, 2.75) is 13.3 Å². The maximum Gasteiger partial charge on any atom is 0.244 e. The van der Waals surface area contributed by atoms with E-state index in [0.717, 1.165) is 12.0 Å². The van der Waals surface area contributed by atoms with Gasteiger partial charge in [0, 0.05) is 18.2 Å². The maximum absolute atomic E-state index is 11.6. The molecule has 0 heterocycles. The summed E-state index contributed by atoms with van der Waals surface area (Å²) >= 11 is 0. The van der Waals surface area contributed by atoms with E-state index in [1.54, 1.807) is 33.5 Å². The molecule has 110 valence electrons. The predicted octanol–water partition coefficient (Wildman–Crippen LogP) is 2.25. The Morgan fingerprint density at radius 2 is 1.85 bits per heavy atom. The number of benzene rings is 1. The maximum atomic E-state index is 11.6. The number of methoxy groups -OCH3 is 3. The van der Waals surface area contributed by atoms with Gasteiger partial charge in [-0.1, -0.05) is 6.92 Å². The molecule has 0 aromatic heterocycles. The second-order valence-corrected chi connectivity index (χ2v) is 4.05. The third-order valence-electron chi connectivity index (χ3n) is 2.70. The first-order valence-electron chi connectivity index (χ1n) is 6.42. The van der Waals surface area contributed by atoms with Crippen LogP contribution in [0.25, 0.3) is 6.08 Å². The molecule has 0 unspecified atom stereocenters. The molecule has 5 heteroatoms. The average Bonchev–Trinajstić information content (AvgIpc) is 2.49. The van der Waals surface area contributed by atoms with Crippen LogP contribution in [-0.4, -0.2) is 33.8 Å². The first-order chi connectivity index (χ1) is 9.67. The fraction of sp³-hybridized carbons (Fsp3) is 0.400. The molecule has 0 radical (unpaired) electrons. The number of nitrogens with one attached hydrogen (secondary N) is 1. The highest BCUT2D eigenvalue weighted by atomic mass is 16.5. The van der Waals surface area contributed by atoms with Crippen molar-refractivity contribution in [1.82, 2.24) is 5.32 Å². The van der Waals surface area contributed by atoms with Crippen molar-refractivity contribution in [3.8, 4) is 17.2 Å². The Kier molecular flexibility index (Phi) is 6.43. The minimum Gasteiger partial charge on any atom is -0.493 e. The van der Waals surface area contributed by atoms with Crippen molar-refractivity contribution >= 4 is 12.0 Å². The third-order valence-corrected chi connectivity index (χ3v) is 2.70. The second kappa shape index (κ2) is 8.09. The van der Waals surface area contributed by atoms with Gasteiger partial charge in [0.1, 0.15) is 0 Å².